The highest BCUT2D eigenvalue weighted by atomic mass is 32.1. The number of hydrogen-bond donors (Lipinski definition) is 1. The number of nitrogens with zero attached hydrogens (tertiary/aromatic N) is 3. The van der Waals surface area contributed by atoms with Gasteiger partial charge >= 0.3 is 0 Å². The minimum absolute atomic E-state index is 0.157. The van der Waals surface area contributed by atoms with Crippen LogP contribution in [0.15, 0.2) is 0 Å². The quantitative estimate of drug-likeness (QED) is 0.808. The molecule has 4 nitrogen and oxygen atoms in total. The van der Waals surface area contributed by atoms with Crippen LogP contribution in [0.4, 0.5) is 5.13 Å². The summed E-state index contributed by atoms with van der Waals surface area (Å²) in [5.41, 5.74) is 0. The first-order chi connectivity index (χ1) is 6.69. The second-order valence-corrected chi connectivity index (χ2v) is 4.12. The first-order valence-corrected chi connectivity index (χ1v) is 5.65. The molecule has 0 aliphatic heterocycles. The molecule has 0 aromatic carbocycles. The molecule has 0 spiro atoms. The van der Waals surface area contributed by atoms with Gasteiger partial charge in [-0.25, -0.2) is 4.98 Å². The normalized spacial score (nSPS) is 10.9. The minimum Gasteiger partial charge on any atom is -0.395 e. The fraction of sp³-hybridized carbons (Fsp3) is 0.778. The third kappa shape index (κ3) is 2.65. The maximum atomic E-state index is 8.86. The molecule has 1 aromatic rings. The van der Waals surface area contributed by atoms with E-state index in [4.69, 9.17) is 5.11 Å². The van der Waals surface area contributed by atoms with Crippen molar-refractivity contribution in [3.05, 3.63) is 5.82 Å². The van der Waals surface area contributed by atoms with Crippen molar-refractivity contribution in [2.24, 2.45) is 0 Å². The highest BCUT2D eigenvalue weighted by molar-refractivity contribution is 7.09. The second-order valence-electron chi connectivity index (χ2n) is 3.39. The van der Waals surface area contributed by atoms with Crippen molar-refractivity contribution < 1.29 is 5.11 Å². The van der Waals surface area contributed by atoms with Gasteiger partial charge in [0.15, 0.2) is 0 Å². The van der Waals surface area contributed by atoms with Gasteiger partial charge in [0, 0.05) is 30.5 Å². The summed E-state index contributed by atoms with van der Waals surface area (Å²) in [5, 5.41) is 9.77. The third-order valence-electron chi connectivity index (χ3n) is 1.97. The molecular weight excluding hydrogens is 198 g/mol. The summed E-state index contributed by atoms with van der Waals surface area (Å²) in [6.45, 7) is 7.84. The van der Waals surface area contributed by atoms with E-state index in [9.17, 15) is 0 Å². The van der Waals surface area contributed by atoms with E-state index in [1.54, 1.807) is 0 Å². The Morgan fingerprint density at radius 1 is 1.50 bits per heavy atom. The van der Waals surface area contributed by atoms with Crippen molar-refractivity contribution in [1.82, 2.24) is 9.36 Å². The molecule has 1 N–H and O–H groups in total. The Morgan fingerprint density at radius 3 is 2.64 bits per heavy atom. The molecule has 0 radical (unpaired) electrons. The van der Waals surface area contributed by atoms with E-state index in [1.807, 2.05) is 11.8 Å². The molecule has 5 heteroatoms. The summed E-state index contributed by atoms with van der Waals surface area (Å²) in [6.07, 6.45) is 0. The van der Waals surface area contributed by atoms with Gasteiger partial charge < -0.3 is 10.0 Å². The molecule has 0 atom stereocenters. The molecule has 0 saturated carbocycles. The molecule has 0 bridgehead atoms. The summed E-state index contributed by atoms with van der Waals surface area (Å²) in [4.78, 5) is 6.45. The lowest BCUT2D eigenvalue weighted by Gasteiger charge is -2.17. The van der Waals surface area contributed by atoms with Crippen molar-refractivity contribution in [3.63, 3.8) is 0 Å². The van der Waals surface area contributed by atoms with Gasteiger partial charge in [0.05, 0.1) is 6.61 Å². The lowest BCUT2D eigenvalue weighted by Crippen LogP contribution is -2.25. The van der Waals surface area contributed by atoms with Gasteiger partial charge in [-0.2, -0.15) is 4.37 Å². The number of aliphatic hydroxyl groups excluding tert-OH is 1. The van der Waals surface area contributed by atoms with Crippen LogP contribution < -0.4 is 4.90 Å². The maximum absolute atomic E-state index is 8.86. The zero-order chi connectivity index (χ0) is 10.6. The van der Waals surface area contributed by atoms with E-state index in [0.29, 0.717) is 12.5 Å². The summed E-state index contributed by atoms with van der Waals surface area (Å²) in [6, 6.07) is 0. The number of aromatic nitrogens is 2. The molecular formula is C9H17N3OS. The van der Waals surface area contributed by atoms with E-state index >= 15 is 0 Å². The molecule has 0 fully saturated rings. The Labute approximate surface area is 88.8 Å². The molecule has 0 aliphatic carbocycles. The maximum Gasteiger partial charge on any atom is 0.205 e. The van der Waals surface area contributed by atoms with Crippen molar-refractivity contribution >= 4 is 16.7 Å². The largest absolute Gasteiger partial charge is 0.395 e. The van der Waals surface area contributed by atoms with Gasteiger partial charge in [-0.15, -0.1) is 0 Å². The van der Waals surface area contributed by atoms with Gasteiger partial charge in [-0.05, 0) is 6.92 Å². The summed E-state index contributed by atoms with van der Waals surface area (Å²) in [5.74, 6) is 1.26. The smallest absolute Gasteiger partial charge is 0.205 e. The number of rotatable bonds is 5. The Bertz CT molecular complexity index is 275. The van der Waals surface area contributed by atoms with Crippen molar-refractivity contribution in [2.75, 3.05) is 24.6 Å². The lowest BCUT2D eigenvalue weighted by molar-refractivity contribution is 0.302. The molecule has 0 unspecified atom stereocenters. The average molecular weight is 215 g/mol. The SMILES string of the molecule is CCN(CCO)c1nc(C(C)C)ns1. The molecule has 14 heavy (non-hydrogen) atoms. The highest BCUT2D eigenvalue weighted by Gasteiger charge is 2.11. The van der Waals surface area contributed by atoms with Crippen molar-refractivity contribution in [1.29, 1.82) is 0 Å². The molecule has 1 aromatic heterocycles. The van der Waals surface area contributed by atoms with E-state index in [0.717, 1.165) is 17.5 Å². The van der Waals surface area contributed by atoms with E-state index < -0.39 is 0 Å². The van der Waals surface area contributed by atoms with Crippen LogP contribution in [0.1, 0.15) is 32.5 Å². The standard InChI is InChI=1S/C9H17N3OS/c1-4-12(5-6-13)9-10-8(7(2)3)11-14-9/h7,13H,4-6H2,1-3H3. The van der Waals surface area contributed by atoms with Crippen LogP contribution in [-0.4, -0.2) is 34.2 Å². The summed E-state index contributed by atoms with van der Waals surface area (Å²) < 4.78 is 4.27. The van der Waals surface area contributed by atoms with E-state index in [2.05, 4.69) is 23.2 Å². The van der Waals surface area contributed by atoms with Gasteiger partial charge in [0.1, 0.15) is 5.82 Å². The van der Waals surface area contributed by atoms with Crippen LogP contribution in [0.5, 0.6) is 0 Å². The lowest BCUT2D eigenvalue weighted by atomic mass is 10.2. The molecule has 1 heterocycles. The first kappa shape index (κ1) is 11.4. The predicted molar refractivity (Wildman–Crippen MR) is 59.0 cm³/mol. The molecule has 0 amide bonds. The molecule has 1 rings (SSSR count). The van der Waals surface area contributed by atoms with Crippen molar-refractivity contribution in [2.45, 2.75) is 26.7 Å². The zero-order valence-corrected chi connectivity index (χ0v) is 9.71. The number of likely N-dealkylation sites (N-methyl/N-ethyl adjacent to an activating group) is 1. The minimum atomic E-state index is 0.157. The van der Waals surface area contributed by atoms with Crippen LogP contribution in [0.3, 0.4) is 0 Å². The van der Waals surface area contributed by atoms with Crippen LogP contribution >= 0.6 is 11.5 Å². The van der Waals surface area contributed by atoms with Crippen molar-refractivity contribution in [3.8, 4) is 0 Å². The van der Waals surface area contributed by atoms with E-state index in [1.165, 1.54) is 11.5 Å². The van der Waals surface area contributed by atoms with Crippen LogP contribution in [0.25, 0.3) is 0 Å². The van der Waals surface area contributed by atoms with Crippen LogP contribution in [0.2, 0.25) is 0 Å². The van der Waals surface area contributed by atoms with Crippen LogP contribution in [0, 0.1) is 0 Å². The van der Waals surface area contributed by atoms with Gasteiger partial charge in [-0.3, -0.25) is 0 Å². The first-order valence-electron chi connectivity index (χ1n) is 4.88. The van der Waals surface area contributed by atoms with Gasteiger partial charge in [0.2, 0.25) is 5.13 Å². The van der Waals surface area contributed by atoms with Gasteiger partial charge in [0.25, 0.3) is 0 Å². The Kier molecular flexibility index (Phi) is 4.28. The molecule has 80 valence electrons. The monoisotopic (exact) mass is 215 g/mol. The van der Waals surface area contributed by atoms with Gasteiger partial charge in [-0.1, -0.05) is 13.8 Å². The predicted octanol–water partition coefficient (Wildman–Crippen LogP) is 1.48. The summed E-state index contributed by atoms with van der Waals surface area (Å²) >= 11 is 1.40. The van der Waals surface area contributed by atoms with Crippen LogP contribution in [-0.2, 0) is 0 Å². The highest BCUT2D eigenvalue weighted by Crippen LogP contribution is 2.20. The fourth-order valence-corrected chi connectivity index (χ4v) is 2.00. The Hall–Kier alpha value is -0.680. The zero-order valence-electron chi connectivity index (χ0n) is 8.90. The number of aliphatic hydroxyl groups is 1. The second kappa shape index (κ2) is 5.26. The number of anilines is 1. The molecule has 0 aliphatic rings. The summed E-state index contributed by atoms with van der Waals surface area (Å²) in [7, 11) is 0. The third-order valence-corrected chi connectivity index (χ3v) is 2.76. The van der Waals surface area contributed by atoms with E-state index in [-0.39, 0.29) is 6.61 Å². The molecule has 0 saturated heterocycles. The number of hydrogen-bond acceptors (Lipinski definition) is 5. The fourth-order valence-electron chi connectivity index (χ4n) is 1.10. The Balaban J connectivity index is 2.73. The Morgan fingerprint density at radius 2 is 2.21 bits per heavy atom. The topological polar surface area (TPSA) is 49.2 Å². The average Bonchev–Trinajstić information content (AvgIpc) is 2.63.